The molecule has 0 aliphatic carbocycles. The van der Waals surface area contributed by atoms with Crippen LogP contribution in [-0.4, -0.2) is 53.3 Å². The van der Waals surface area contributed by atoms with Crippen LogP contribution in [0.15, 0.2) is 85.1 Å². The van der Waals surface area contributed by atoms with Crippen LogP contribution in [0.5, 0.6) is 0 Å². The third-order valence-corrected chi connectivity index (χ3v) is 6.56. The van der Waals surface area contributed by atoms with Crippen molar-refractivity contribution >= 4 is 23.2 Å². The Kier molecular flexibility index (Phi) is 7.30. The highest BCUT2D eigenvalue weighted by Gasteiger charge is 2.21. The lowest BCUT2D eigenvalue weighted by Crippen LogP contribution is -2.50. The van der Waals surface area contributed by atoms with Crippen LogP contribution in [0.3, 0.4) is 0 Å². The van der Waals surface area contributed by atoms with Gasteiger partial charge in [-0.1, -0.05) is 35.9 Å². The van der Waals surface area contributed by atoms with Gasteiger partial charge in [-0.15, -0.1) is 0 Å². The number of para-hydroxylation sites is 1. The fourth-order valence-electron chi connectivity index (χ4n) is 4.41. The highest BCUT2D eigenvalue weighted by molar-refractivity contribution is 6.30. The van der Waals surface area contributed by atoms with E-state index in [0.29, 0.717) is 24.7 Å². The number of carbonyl (C=O) groups excluding carboxylic acids is 1. The number of hydrogen-bond acceptors (Lipinski definition) is 4. The first-order valence-electron chi connectivity index (χ1n) is 12.0. The molecule has 0 unspecified atom stereocenters. The van der Waals surface area contributed by atoms with Crippen molar-refractivity contribution in [3.63, 3.8) is 0 Å². The summed E-state index contributed by atoms with van der Waals surface area (Å²) in [5, 5.41) is 8.75. The Balaban J connectivity index is 1.22. The van der Waals surface area contributed by atoms with Crippen molar-refractivity contribution in [2.75, 3.05) is 37.6 Å². The van der Waals surface area contributed by atoms with Crippen LogP contribution >= 0.6 is 11.6 Å². The molecule has 36 heavy (non-hydrogen) atoms. The van der Waals surface area contributed by atoms with Gasteiger partial charge in [0.2, 0.25) is 5.91 Å². The maximum atomic E-state index is 13.5. The average molecular weight is 504 g/mol. The number of benzene rings is 3. The smallest absolute Gasteiger partial charge is 0.236 e. The normalized spacial score (nSPS) is 13.7. The van der Waals surface area contributed by atoms with Gasteiger partial charge >= 0.3 is 0 Å². The summed E-state index contributed by atoms with van der Waals surface area (Å²) in [6.07, 6.45) is 1.95. The number of aromatic nitrogens is 2. The number of piperazine rings is 1. The van der Waals surface area contributed by atoms with Crippen LogP contribution in [0, 0.1) is 5.82 Å². The molecule has 4 aromatic rings. The highest BCUT2D eigenvalue weighted by Crippen LogP contribution is 2.24. The van der Waals surface area contributed by atoms with E-state index in [0.717, 1.165) is 41.3 Å². The molecule has 184 valence electrons. The molecule has 1 saturated heterocycles. The molecule has 6 nitrogen and oxygen atoms in total. The van der Waals surface area contributed by atoms with Gasteiger partial charge in [0.1, 0.15) is 5.82 Å². The third kappa shape index (κ3) is 5.58. The molecule has 0 radical (unpaired) electrons. The fraction of sp³-hybridized carbons (Fsp3) is 0.214. The monoisotopic (exact) mass is 503 g/mol. The molecular weight excluding hydrogens is 477 g/mol. The van der Waals surface area contributed by atoms with Crippen molar-refractivity contribution < 1.29 is 9.18 Å². The van der Waals surface area contributed by atoms with Gasteiger partial charge < -0.3 is 15.1 Å². The minimum absolute atomic E-state index is 0.0690. The Bertz CT molecular complexity index is 1320. The van der Waals surface area contributed by atoms with E-state index in [4.69, 9.17) is 16.7 Å². The van der Waals surface area contributed by atoms with Gasteiger partial charge in [0.25, 0.3) is 0 Å². The van der Waals surface area contributed by atoms with Crippen molar-refractivity contribution in [1.82, 2.24) is 20.0 Å². The minimum Gasteiger partial charge on any atom is -0.368 e. The quantitative estimate of drug-likeness (QED) is 0.395. The van der Waals surface area contributed by atoms with E-state index in [1.807, 2.05) is 70.4 Å². The second kappa shape index (κ2) is 10.9. The van der Waals surface area contributed by atoms with E-state index < -0.39 is 0 Å². The lowest BCUT2D eigenvalue weighted by molar-refractivity contribution is -0.130. The Labute approximate surface area is 214 Å². The van der Waals surface area contributed by atoms with E-state index >= 15 is 0 Å². The number of amides is 1. The summed E-state index contributed by atoms with van der Waals surface area (Å²) < 4.78 is 15.3. The van der Waals surface area contributed by atoms with Gasteiger partial charge in [-0.2, -0.15) is 5.10 Å². The van der Waals surface area contributed by atoms with Crippen molar-refractivity contribution in [2.24, 2.45) is 0 Å². The van der Waals surface area contributed by atoms with Crippen LogP contribution < -0.4 is 10.2 Å². The largest absolute Gasteiger partial charge is 0.368 e. The summed E-state index contributed by atoms with van der Waals surface area (Å²) in [4.78, 5) is 17.0. The van der Waals surface area contributed by atoms with Gasteiger partial charge in [-0.25, -0.2) is 9.07 Å². The van der Waals surface area contributed by atoms with Crippen molar-refractivity contribution in [3.8, 4) is 16.9 Å². The van der Waals surface area contributed by atoms with Crippen LogP contribution in [-0.2, 0) is 11.3 Å². The van der Waals surface area contributed by atoms with E-state index in [-0.39, 0.29) is 18.3 Å². The molecule has 3 aromatic carbocycles. The lowest BCUT2D eigenvalue weighted by Gasteiger charge is -2.36. The van der Waals surface area contributed by atoms with Crippen molar-refractivity contribution in [1.29, 1.82) is 0 Å². The zero-order chi connectivity index (χ0) is 24.9. The molecule has 1 aliphatic rings. The Morgan fingerprint density at radius 2 is 1.64 bits per heavy atom. The molecule has 8 heteroatoms. The molecule has 2 heterocycles. The number of halogens is 2. The van der Waals surface area contributed by atoms with Crippen molar-refractivity contribution in [3.05, 3.63) is 101 Å². The molecule has 1 amide bonds. The van der Waals surface area contributed by atoms with Crippen molar-refractivity contribution in [2.45, 2.75) is 6.54 Å². The van der Waals surface area contributed by atoms with Crippen LogP contribution in [0.4, 0.5) is 10.1 Å². The number of nitrogens with zero attached hydrogens (tertiary/aromatic N) is 4. The summed E-state index contributed by atoms with van der Waals surface area (Å²) in [6, 6.07) is 23.9. The van der Waals surface area contributed by atoms with Gasteiger partial charge in [0.05, 0.1) is 17.9 Å². The zero-order valence-corrected chi connectivity index (χ0v) is 20.5. The predicted octanol–water partition coefficient (Wildman–Crippen LogP) is 4.77. The van der Waals surface area contributed by atoms with Crippen LogP contribution in [0.25, 0.3) is 16.9 Å². The molecule has 0 bridgehead atoms. The van der Waals surface area contributed by atoms with Gasteiger partial charge in [-0.05, 0) is 54.6 Å². The molecule has 0 spiro atoms. The molecular formula is C28H27ClFN5O. The molecule has 0 saturated carbocycles. The first-order valence-corrected chi connectivity index (χ1v) is 12.3. The Hall–Kier alpha value is -3.68. The Morgan fingerprint density at radius 1 is 0.917 bits per heavy atom. The lowest BCUT2D eigenvalue weighted by atomic mass is 10.1. The average Bonchev–Trinajstić information content (AvgIpc) is 3.34. The first-order chi connectivity index (χ1) is 17.6. The second-order valence-electron chi connectivity index (χ2n) is 8.74. The molecule has 1 fully saturated rings. The summed E-state index contributed by atoms with van der Waals surface area (Å²) in [6.45, 7) is 3.57. The Morgan fingerprint density at radius 3 is 2.36 bits per heavy atom. The summed E-state index contributed by atoms with van der Waals surface area (Å²) >= 11 is 6.12. The minimum atomic E-state index is -0.290. The highest BCUT2D eigenvalue weighted by atomic mass is 35.5. The van der Waals surface area contributed by atoms with Gasteiger partial charge in [0.15, 0.2) is 0 Å². The van der Waals surface area contributed by atoms with Gasteiger partial charge in [-0.3, -0.25) is 4.79 Å². The number of carbonyl (C=O) groups is 1. The summed E-state index contributed by atoms with van der Waals surface area (Å²) in [5.74, 6) is -0.221. The van der Waals surface area contributed by atoms with E-state index in [2.05, 4.69) is 10.2 Å². The molecule has 0 atom stereocenters. The summed E-state index contributed by atoms with van der Waals surface area (Å²) in [5.41, 5.74) is 4.53. The summed E-state index contributed by atoms with van der Waals surface area (Å²) in [7, 11) is 0. The topological polar surface area (TPSA) is 53.4 Å². The number of hydrogen-bond donors (Lipinski definition) is 1. The van der Waals surface area contributed by atoms with Gasteiger partial charge in [0, 0.05) is 60.8 Å². The maximum Gasteiger partial charge on any atom is 0.236 e. The van der Waals surface area contributed by atoms with Crippen LogP contribution in [0.2, 0.25) is 5.02 Å². The van der Waals surface area contributed by atoms with E-state index in [1.165, 1.54) is 12.1 Å². The number of anilines is 1. The van der Waals surface area contributed by atoms with Crippen LogP contribution in [0.1, 0.15) is 5.56 Å². The molecule has 5 rings (SSSR count). The van der Waals surface area contributed by atoms with E-state index in [1.54, 1.807) is 12.1 Å². The second-order valence-corrected chi connectivity index (χ2v) is 9.18. The number of rotatable bonds is 7. The standard InChI is InChI=1S/C28H27ClFN5O/c29-23-5-4-8-26(17-23)33-13-15-34(16-14-33)27(36)19-31-18-22-20-35(25-6-2-1-3-7-25)32-28(22)21-9-11-24(30)12-10-21/h1-12,17,20,31H,13-16,18-19H2. The SMILES string of the molecule is O=C(CNCc1cn(-c2ccccc2)nc1-c1ccc(F)cc1)N1CCN(c2cccc(Cl)c2)CC1. The zero-order valence-electron chi connectivity index (χ0n) is 19.8. The fourth-order valence-corrected chi connectivity index (χ4v) is 4.59. The molecule has 1 aromatic heterocycles. The maximum absolute atomic E-state index is 13.5. The molecule has 1 N–H and O–H groups in total. The van der Waals surface area contributed by atoms with E-state index in [9.17, 15) is 9.18 Å². The first kappa shape index (κ1) is 24.0. The predicted molar refractivity (Wildman–Crippen MR) is 141 cm³/mol. The third-order valence-electron chi connectivity index (χ3n) is 6.33. The molecule has 1 aliphatic heterocycles. The number of nitrogens with one attached hydrogen (secondary N) is 1.